The molecule has 2 atom stereocenters. The Labute approximate surface area is 119 Å². The lowest BCUT2D eigenvalue weighted by atomic mass is 10.1. The summed E-state index contributed by atoms with van der Waals surface area (Å²) in [5.41, 5.74) is 2.56. The number of halogens is 1. The van der Waals surface area contributed by atoms with Crippen molar-refractivity contribution >= 4 is 17.5 Å². The maximum atomic E-state index is 11.9. The Morgan fingerprint density at radius 2 is 2.11 bits per heavy atom. The molecule has 19 heavy (non-hydrogen) atoms. The Kier molecular flexibility index (Phi) is 4.48. The molecule has 0 aromatic heterocycles. The first-order valence-corrected chi connectivity index (χ1v) is 7.20. The molecule has 104 valence electrons. The fourth-order valence-electron chi connectivity index (χ4n) is 2.55. The Bertz CT molecular complexity index is 473. The fraction of sp³-hybridized carbons (Fsp3) is 0.533. The number of hydrogen-bond donors (Lipinski definition) is 2. The molecule has 1 aliphatic rings. The lowest BCUT2D eigenvalue weighted by Gasteiger charge is -2.21. The van der Waals surface area contributed by atoms with E-state index in [-0.39, 0.29) is 24.0 Å². The number of aryl methyl sites for hydroxylation is 1. The molecule has 2 unspecified atom stereocenters. The highest BCUT2D eigenvalue weighted by Gasteiger charge is 2.25. The number of amides is 1. The maximum absolute atomic E-state index is 11.9. The van der Waals surface area contributed by atoms with Crippen LogP contribution in [0, 0.1) is 0 Å². The SMILES string of the molecule is CC(C)NC(=O)C(C)NC1CCc2cc(Cl)ccc21. The van der Waals surface area contributed by atoms with Crippen molar-refractivity contribution in [2.45, 2.75) is 51.7 Å². The molecule has 1 aliphatic carbocycles. The zero-order valence-corrected chi connectivity index (χ0v) is 12.4. The molecule has 0 spiro atoms. The number of nitrogens with one attached hydrogen (secondary N) is 2. The van der Waals surface area contributed by atoms with Crippen LogP contribution in [0.3, 0.4) is 0 Å². The van der Waals surface area contributed by atoms with E-state index in [1.807, 2.05) is 32.9 Å². The van der Waals surface area contributed by atoms with E-state index in [1.54, 1.807) is 0 Å². The molecule has 0 saturated carbocycles. The minimum Gasteiger partial charge on any atom is -0.353 e. The van der Waals surface area contributed by atoms with Crippen molar-refractivity contribution in [2.75, 3.05) is 0 Å². The Morgan fingerprint density at radius 1 is 1.37 bits per heavy atom. The minimum atomic E-state index is -0.186. The molecule has 0 bridgehead atoms. The number of carbonyl (C=O) groups is 1. The number of hydrogen-bond acceptors (Lipinski definition) is 2. The number of carbonyl (C=O) groups excluding carboxylic acids is 1. The standard InChI is InChI=1S/C15H21ClN2O/c1-9(2)17-15(19)10(3)18-14-7-4-11-8-12(16)5-6-13(11)14/h5-6,8-10,14,18H,4,7H2,1-3H3,(H,17,19). The highest BCUT2D eigenvalue weighted by atomic mass is 35.5. The third kappa shape index (κ3) is 3.48. The summed E-state index contributed by atoms with van der Waals surface area (Å²) in [5, 5.41) is 7.11. The average Bonchev–Trinajstić information content (AvgIpc) is 2.70. The van der Waals surface area contributed by atoms with Crippen molar-refractivity contribution in [2.24, 2.45) is 0 Å². The van der Waals surface area contributed by atoms with Crippen LogP contribution in [0.2, 0.25) is 5.02 Å². The molecule has 0 saturated heterocycles. The first kappa shape index (κ1) is 14.4. The third-order valence-electron chi connectivity index (χ3n) is 3.46. The second kappa shape index (κ2) is 5.93. The van der Waals surface area contributed by atoms with Crippen LogP contribution in [0.4, 0.5) is 0 Å². The summed E-state index contributed by atoms with van der Waals surface area (Å²) in [6.45, 7) is 5.85. The molecular weight excluding hydrogens is 260 g/mol. The van der Waals surface area contributed by atoms with Crippen LogP contribution in [0.5, 0.6) is 0 Å². The molecular formula is C15H21ClN2O. The smallest absolute Gasteiger partial charge is 0.237 e. The Balaban J connectivity index is 2.01. The van der Waals surface area contributed by atoms with E-state index in [1.165, 1.54) is 11.1 Å². The number of rotatable bonds is 4. The predicted molar refractivity (Wildman–Crippen MR) is 78.4 cm³/mol. The van der Waals surface area contributed by atoms with E-state index in [4.69, 9.17) is 11.6 Å². The molecule has 1 amide bonds. The van der Waals surface area contributed by atoms with Gasteiger partial charge in [-0.15, -0.1) is 0 Å². The summed E-state index contributed by atoms with van der Waals surface area (Å²) in [7, 11) is 0. The summed E-state index contributed by atoms with van der Waals surface area (Å²) >= 11 is 6.00. The van der Waals surface area contributed by atoms with Crippen LogP contribution in [0.25, 0.3) is 0 Å². The Morgan fingerprint density at radius 3 is 2.79 bits per heavy atom. The molecule has 1 aromatic rings. The second-order valence-corrected chi connectivity index (χ2v) is 5.92. The van der Waals surface area contributed by atoms with Gasteiger partial charge in [0.2, 0.25) is 5.91 Å². The molecule has 0 fully saturated rings. The van der Waals surface area contributed by atoms with E-state index in [2.05, 4.69) is 16.7 Å². The summed E-state index contributed by atoms with van der Waals surface area (Å²) in [5.74, 6) is 0.0532. The fourth-order valence-corrected chi connectivity index (χ4v) is 2.74. The average molecular weight is 281 g/mol. The monoisotopic (exact) mass is 280 g/mol. The van der Waals surface area contributed by atoms with E-state index in [9.17, 15) is 4.79 Å². The molecule has 1 aromatic carbocycles. The van der Waals surface area contributed by atoms with Gasteiger partial charge in [0.05, 0.1) is 6.04 Å². The maximum Gasteiger partial charge on any atom is 0.237 e. The highest BCUT2D eigenvalue weighted by molar-refractivity contribution is 6.30. The van der Waals surface area contributed by atoms with Crippen LogP contribution in [-0.2, 0) is 11.2 Å². The van der Waals surface area contributed by atoms with Crippen LogP contribution < -0.4 is 10.6 Å². The first-order valence-electron chi connectivity index (χ1n) is 6.82. The van der Waals surface area contributed by atoms with Gasteiger partial charge in [-0.25, -0.2) is 0 Å². The van der Waals surface area contributed by atoms with Crippen LogP contribution in [-0.4, -0.2) is 18.0 Å². The molecule has 4 heteroatoms. The Hall–Kier alpha value is -1.06. The zero-order chi connectivity index (χ0) is 14.0. The van der Waals surface area contributed by atoms with Gasteiger partial charge in [0.15, 0.2) is 0 Å². The zero-order valence-electron chi connectivity index (χ0n) is 11.7. The summed E-state index contributed by atoms with van der Waals surface area (Å²) < 4.78 is 0. The molecule has 2 N–H and O–H groups in total. The normalized spacial score (nSPS) is 19.3. The number of benzene rings is 1. The molecule has 3 nitrogen and oxygen atoms in total. The molecule has 0 radical (unpaired) electrons. The molecule has 0 aliphatic heterocycles. The minimum absolute atomic E-state index is 0.0532. The number of fused-ring (bicyclic) bond motifs is 1. The largest absolute Gasteiger partial charge is 0.353 e. The van der Waals surface area contributed by atoms with Crippen LogP contribution in [0.1, 0.15) is 44.4 Å². The highest BCUT2D eigenvalue weighted by Crippen LogP contribution is 2.33. The van der Waals surface area contributed by atoms with Crippen LogP contribution in [0.15, 0.2) is 18.2 Å². The lowest BCUT2D eigenvalue weighted by Crippen LogP contribution is -2.45. The quantitative estimate of drug-likeness (QED) is 0.890. The molecule has 2 rings (SSSR count). The van der Waals surface area contributed by atoms with Gasteiger partial charge < -0.3 is 5.32 Å². The van der Waals surface area contributed by atoms with Gasteiger partial charge in [0, 0.05) is 17.1 Å². The lowest BCUT2D eigenvalue weighted by molar-refractivity contribution is -0.123. The van der Waals surface area contributed by atoms with E-state index in [0.29, 0.717) is 0 Å². The van der Waals surface area contributed by atoms with Crippen molar-refractivity contribution in [3.8, 4) is 0 Å². The van der Waals surface area contributed by atoms with Crippen LogP contribution >= 0.6 is 11.6 Å². The summed E-state index contributed by atoms with van der Waals surface area (Å²) in [4.78, 5) is 11.9. The first-order chi connectivity index (χ1) is 8.97. The van der Waals surface area contributed by atoms with Crippen molar-refractivity contribution in [1.29, 1.82) is 0 Å². The predicted octanol–water partition coefficient (Wildman–Crippen LogP) is 2.83. The second-order valence-electron chi connectivity index (χ2n) is 5.49. The van der Waals surface area contributed by atoms with Gasteiger partial charge in [-0.3, -0.25) is 10.1 Å². The topological polar surface area (TPSA) is 41.1 Å². The van der Waals surface area contributed by atoms with Crippen molar-refractivity contribution in [1.82, 2.24) is 10.6 Å². The van der Waals surface area contributed by atoms with Gasteiger partial charge in [-0.1, -0.05) is 17.7 Å². The van der Waals surface area contributed by atoms with Gasteiger partial charge in [0.25, 0.3) is 0 Å². The van der Waals surface area contributed by atoms with Crippen molar-refractivity contribution in [3.05, 3.63) is 34.3 Å². The van der Waals surface area contributed by atoms with E-state index in [0.717, 1.165) is 17.9 Å². The van der Waals surface area contributed by atoms with E-state index >= 15 is 0 Å². The van der Waals surface area contributed by atoms with Gasteiger partial charge in [-0.2, -0.15) is 0 Å². The van der Waals surface area contributed by atoms with Crippen molar-refractivity contribution in [3.63, 3.8) is 0 Å². The summed E-state index contributed by atoms with van der Waals surface area (Å²) in [6.07, 6.45) is 2.04. The molecule has 0 heterocycles. The van der Waals surface area contributed by atoms with Gasteiger partial charge >= 0.3 is 0 Å². The van der Waals surface area contributed by atoms with Gasteiger partial charge in [0.1, 0.15) is 0 Å². The van der Waals surface area contributed by atoms with E-state index < -0.39 is 0 Å². The van der Waals surface area contributed by atoms with Crippen molar-refractivity contribution < 1.29 is 4.79 Å². The van der Waals surface area contributed by atoms with Gasteiger partial charge in [-0.05, 0) is 56.9 Å². The third-order valence-corrected chi connectivity index (χ3v) is 3.69. The summed E-state index contributed by atoms with van der Waals surface area (Å²) in [6, 6.07) is 6.24.